The predicted molar refractivity (Wildman–Crippen MR) is 73.6 cm³/mol. The van der Waals surface area contributed by atoms with Crippen LogP contribution in [-0.4, -0.2) is 47.9 Å². The van der Waals surface area contributed by atoms with Gasteiger partial charge in [0.25, 0.3) is 5.78 Å². The summed E-state index contributed by atoms with van der Waals surface area (Å²) < 4.78 is 21.6. The molecule has 1 unspecified atom stereocenters. The van der Waals surface area contributed by atoms with E-state index in [1.807, 2.05) is 0 Å². The van der Waals surface area contributed by atoms with Crippen molar-refractivity contribution in [3.05, 3.63) is 12.7 Å². The minimum atomic E-state index is -1.78. The first-order valence-electron chi connectivity index (χ1n) is 7.03. The van der Waals surface area contributed by atoms with Crippen LogP contribution in [0.2, 0.25) is 0 Å². The fraction of sp³-hybridized carbons (Fsp3) is 0.667. The van der Waals surface area contributed by atoms with Crippen LogP contribution in [0.1, 0.15) is 27.7 Å². The predicted octanol–water partition coefficient (Wildman–Crippen LogP) is 0.756. The molecule has 4 atom stereocenters. The van der Waals surface area contributed by atoms with Crippen LogP contribution in [0.15, 0.2) is 12.7 Å². The molecule has 0 N–H and O–H groups in total. The van der Waals surface area contributed by atoms with E-state index in [1.165, 1.54) is 13.0 Å². The maximum absolute atomic E-state index is 12.4. The molecule has 2 saturated heterocycles. The summed E-state index contributed by atoms with van der Waals surface area (Å²) in [4.78, 5) is 35.7. The highest BCUT2D eigenvalue weighted by Gasteiger charge is 2.66. The fourth-order valence-electron chi connectivity index (χ4n) is 2.84. The molecule has 0 aromatic carbocycles. The summed E-state index contributed by atoms with van der Waals surface area (Å²) in [5, 5.41) is 0. The minimum Gasteiger partial charge on any atom is -0.449 e. The van der Waals surface area contributed by atoms with E-state index in [0.29, 0.717) is 0 Å². The first kappa shape index (κ1) is 16.6. The van der Waals surface area contributed by atoms with Crippen molar-refractivity contribution in [3.63, 3.8) is 0 Å². The van der Waals surface area contributed by atoms with Gasteiger partial charge in [-0.25, -0.2) is 4.79 Å². The molecule has 0 saturated carbocycles. The lowest BCUT2D eigenvalue weighted by molar-refractivity contribution is -0.193. The summed E-state index contributed by atoms with van der Waals surface area (Å²) in [7, 11) is 0. The third kappa shape index (κ3) is 2.55. The smallest absolute Gasteiger partial charge is 0.379 e. The molecule has 0 radical (unpaired) electrons. The second kappa shape index (κ2) is 5.48. The van der Waals surface area contributed by atoms with Gasteiger partial charge < -0.3 is 18.9 Å². The van der Waals surface area contributed by atoms with Gasteiger partial charge in [-0.2, -0.15) is 0 Å². The molecule has 22 heavy (non-hydrogen) atoms. The second-order valence-electron chi connectivity index (χ2n) is 5.93. The lowest BCUT2D eigenvalue weighted by atomic mass is 9.79. The van der Waals surface area contributed by atoms with Crippen molar-refractivity contribution in [3.8, 4) is 0 Å². The van der Waals surface area contributed by atoms with Crippen LogP contribution in [0.4, 0.5) is 0 Å². The number of carbonyl (C=O) groups excluding carboxylic acids is 3. The first-order valence-corrected chi connectivity index (χ1v) is 7.03. The van der Waals surface area contributed by atoms with Crippen molar-refractivity contribution in [2.75, 3.05) is 6.61 Å². The number of hydrogen-bond donors (Lipinski definition) is 0. The Bertz CT molecular complexity index is 524. The number of carbonyl (C=O) groups is 3. The van der Waals surface area contributed by atoms with Gasteiger partial charge in [-0.15, -0.1) is 6.58 Å². The second-order valence-corrected chi connectivity index (χ2v) is 5.93. The molecule has 0 bridgehead atoms. The minimum absolute atomic E-state index is 0.116. The van der Waals surface area contributed by atoms with Crippen LogP contribution in [0, 0.1) is 5.92 Å². The Hall–Kier alpha value is -1.73. The van der Waals surface area contributed by atoms with E-state index in [1.54, 1.807) is 20.8 Å². The van der Waals surface area contributed by atoms with E-state index in [0.717, 1.165) is 0 Å². The Morgan fingerprint density at radius 1 is 1.45 bits per heavy atom. The van der Waals surface area contributed by atoms with Crippen molar-refractivity contribution in [2.24, 2.45) is 5.92 Å². The van der Waals surface area contributed by atoms with Gasteiger partial charge in [-0.3, -0.25) is 9.59 Å². The van der Waals surface area contributed by atoms with Crippen LogP contribution in [0.25, 0.3) is 0 Å². The van der Waals surface area contributed by atoms with Crippen molar-refractivity contribution in [2.45, 2.75) is 51.3 Å². The lowest BCUT2D eigenvalue weighted by Gasteiger charge is -2.36. The van der Waals surface area contributed by atoms with Gasteiger partial charge in [-0.1, -0.05) is 13.0 Å². The highest BCUT2D eigenvalue weighted by Crippen LogP contribution is 2.41. The molecule has 0 aromatic heterocycles. The Morgan fingerprint density at radius 2 is 2.09 bits per heavy atom. The molecule has 0 amide bonds. The third-order valence-corrected chi connectivity index (χ3v) is 3.91. The molecule has 2 fully saturated rings. The van der Waals surface area contributed by atoms with Crippen LogP contribution in [0.5, 0.6) is 0 Å². The Kier molecular flexibility index (Phi) is 4.14. The van der Waals surface area contributed by atoms with Gasteiger partial charge >= 0.3 is 11.9 Å². The Morgan fingerprint density at radius 3 is 2.55 bits per heavy atom. The average molecular weight is 312 g/mol. The number of esters is 2. The number of Topliss-reactive ketones (excluding diaryl/α,β-unsaturated/α-hetero) is 1. The molecular formula is C15H20O7. The third-order valence-electron chi connectivity index (χ3n) is 3.91. The summed E-state index contributed by atoms with van der Waals surface area (Å²) in [5.41, 5.74) is -1.78. The number of ether oxygens (including phenoxy) is 4. The zero-order chi connectivity index (χ0) is 16.7. The zero-order valence-electron chi connectivity index (χ0n) is 13.1. The van der Waals surface area contributed by atoms with Crippen LogP contribution < -0.4 is 0 Å². The molecule has 2 rings (SSSR count). The number of rotatable bonds is 4. The van der Waals surface area contributed by atoms with E-state index in [4.69, 9.17) is 18.9 Å². The van der Waals surface area contributed by atoms with Gasteiger partial charge in [0.05, 0.1) is 6.61 Å². The SMILES string of the molecule is C=CC(C)[C@]1(OC(C)=O)C(=O)C(=O)O[C@@H]1[C@@H]1COC(C)(C)O1. The van der Waals surface area contributed by atoms with Gasteiger partial charge in [0, 0.05) is 12.8 Å². The topological polar surface area (TPSA) is 88.1 Å². The normalized spacial score (nSPS) is 35.1. The first-order chi connectivity index (χ1) is 10.1. The quantitative estimate of drug-likeness (QED) is 0.430. The zero-order valence-corrected chi connectivity index (χ0v) is 13.1. The molecular weight excluding hydrogens is 292 g/mol. The van der Waals surface area contributed by atoms with E-state index in [9.17, 15) is 14.4 Å². The maximum atomic E-state index is 12.4. The highest BCUT2D eigenvalue weighted by atomic mass is 16.8. The molecule has 0 aromatic rings. The average Bonchev–Trinajstić information content (AvgIpc) is 2.90. The number of cyclic esters (lactones) is 1. The van der Waals surface area contributed by atoms with Gasteiger partial charge in [-0.05, 0) is 13.8 Å². The summed E-state index contributed by atoms with van der Waals surface area (Å²) in [6, 6.07) is 0. The van der Waals surface area contributed by atoms with Gasteiger partial charge in [0.1, 0.15) is 6.10 Å². The monoisotopic (exact) mass is 312 g/mol. The standard InChI is InChI=1S/C15H20O7/c1-6-8(2)15(21-9(3)16)11(17)13(18)20-12(15)10-7-19-14(4,5)22-10/h6,8,10,12H,1,7H2,2-5H3/t8?,10-,12+,15-/m0/s1. The van der Waals surface area contributed by atoms with Crippen LogP contribution in [0.3, 0.4) is 0 Å². The van der Waals surface area contributed by atoms with Crippen LogP contribution >= 0.6 is 0 Å². The Labute approximate surface area is 128 Å². The maximum Gasteiger partial charge on any atom is 0.379 e. The van der Waals surface area contributed by atoms with Crippen molar-refractivity contribution in [1.82, 2.24) is 0 Å². The molecule has 2 heterocycles. The summed E-state index contributed by atoms with van der Waals surface area (Å²) >= 11 is 0. The number of ketones is 1. The lowest BCUT2D eigenvalue weighted by Crippen LogP contribution is -2.57. The summed E-state index contributed by atoms with van der Waals surface area (Å²) in [5.74, 6) is -4.15. The summed E-state index contributed by atoms with van der Waals surface area (Å²) in [6.45, 7) is 9.95. The molecule has 122 valence electrons. The highest BCUT2D eigenvalue weighted by molar-refractivity contribution is 6.39. The fourth-order valence-corrected chi connectivity index (χ4v) is 2.84. The summed E-state index contributed by atoms with van der Waals surface area (Å²) in [6.07, 6.45) is -0.352. The Balaban J connectivity index is 2.45. The van der Waals surface area contributed by atoms with Crippen LogP contribution in [-0.2, 0) is 33.3 Å². The van der Waals surface area contributed by atoms with Crippen molar-refractivity contribution >= 4 is 17.7 Å². The molecule has 0 aliphatic carbocycles. The van der Waals surface area contributed by atoms with Gasteiger partial charge in [0.15, 0.2) is 11.9 Å². The van der Waals surface area contributed by atoms with Gasteiger partial charge in [0.2, 0.25) is 5.60 Å². The van der Waals surface area contributed by atoms with E-state index >= 15 is 0 Å². The van der Waals surface area contributed by atoms with Crippen molar-refractivity contribution in [1.29, 1.82) is 0 Å². The largest absolute Gasteiger partial charge is 0.449 e. The number of hydrogen-bond acceptors (Lipinski definition) is 7. The van der Waals surface area contributed by atoms with E-state index in [2.05, 4.69) is 6.58 Å². The van der Waals surface area contributed by atoms with E-state index in [-0.39, 0.29) is 6.61 Å². The molecule has 0 spiro atoms. The molecule has 2 aliphatic heterocycles. The van der Waals surface area contributed by atoms with Crippen molar-refractivity contribution < 1.29 is 33.3 Å². The van der Waals surface area contributed by atoms with E-state index < -0.39 is 47.2 Å². The molecule has 7 heteroatoms. The molecule has 2 aliphatic rings. The molecule has 7 nitrogen and oxygen atoms in total.